The lowest BCUT2D eigenvalue weighted by Gasteiger charge is -2.26. The summed E-state index contributed by atoms with van der Waals surface area (Å²) in [5.74, 6) is -1.32. The van der Waals surface area contributed by atoms with Gasteiger partial charge in [0.2, 0.25) is 0 Å². The van der Waals surface area contributed by atoms with E-state index in [4.69, 9.17) is 9.84 Å². The van der Waals surface area contributed by atoms with Crippen LogP contribution in [-0.2, 0) is 14.3 Å². The average Bonchev–Trinajstić information content (AvgIpc) is 2.12. The van der Waals surface area contributed by atoms with Crippen LogP contribution in [0.25, 0.3) is 0 Å². The number of ether oxygens (including phenoxy) is 1. The van der Waals surface area contributed by atoms with E-state index in [1.807, 2.05) is 6.92 Å². The molecule has 0 aromatic heterocycles. The van der Waals surface area contributed by atoms with E-state index >= 15 is 0 Å². The highest BCUT2D eigenvalue weighted by Crippen LogP contribution is 2.21. The largest absolute Gasteiger partial charge is 0.478 e. The maximum absolute atomic E-state index is 11.4. The van der Waals surface area contributed by atoms with Gasteiger partial charge < -0.3 is 9.84 Å². The Kier molecular flexibility index (Phi) is 5.78. The molecular formula is C12H20O4. The van der Waals surface area contributed by atoms with Crippen LogP contribution in [0.2, 0.25) is 0 Å². The highest BCUT2D eigenvalue weighted by Gasteiger charge is 2.25. The van der Waals surface area contributed by atoms with Crippen molar-refractivity contribution in [1.29, 1.82) is 0 Å². The van der Waals surface area contributed by atoms with Gasteiger partial charge in [-0.3, -0.25) is 4.79 Å². The molecule has 0 atom stereocenters. The minimum Gasteiger partial charge on any atom is -0.478 e. The second-order valence-corrected chi connectivity index (χ2v) is 4.25. The minimum atomic E-state index is -1.03. The van der Waals surface area contributed by atoms with Crippen LogP contribution < -0.4 is 0 Å². The number of rotatable bonds is 6. The molecule has 92 valence electrons. The van der Waals surface area contributed by atoms with Gasteiger partial charge >= 0.3 is 11.9 Å². The van der Waals surface area contributed by atoms with Crippen LogP contribution in [0.3, 0.4) is 0 Å². The topological polar surface area (TPSA) is 63.6 Å². The fourth-order valence-electron chi connectivity index (χ4n) is 1.10. The summed E-state index contributed by atoms with van der Waals surface area (Å²) in [5, 5.41) is 8.61. The molecule has 0 saturated carbocycles. The summed E-state index contributed by atoms with van der Waals surface area (Å²) in [6.07, 6.45) is 3.16. The molecule has 0 fully saturated rings. The van der Waals surface area contributed by atoms with Crippen molar-refractivity contribution >= 4 is 11.9 Å². The van der Waals surface area contributed by atoms with Crippen LogP contribution in [0, 0.1) is 0 Å². The SMILES string of the molecule is CCCCC(=O)OC(C)(C)C(C)=CC(=O)O. The molecule has 4 heteroatoms. The highest BCUT2D eigenvalue weighted by atomic mass is 16.6. The normalized spacial score (nSPS) is 12.4. The molecular weight excluding hydrogens is 208 g/mol. The molecule has 0 saturated heterocycles. The van der Waals surface area contributed by atoms with Crippen LogP contribution in [0.1, 0.15) is 47.0 Å². The molecule has 0 amide bonds. The predicted molar refractivity (Wildman–Crippen MR) is 61.1 cm³/mol. The minimum absolute atomic E-state index is 0.287. The zero-order valence-corrected chi connectivity index (χ0v) is 10.4. The summed E-state index contributed by atoms with van der Waals surface area (Å²) < 4.78 is 5.23. The number of carbonyl (C=O) groups excluding carboxylic acids is 1. The standard InChI is InChI=1S/C12H20O4/c1-5-6-7-11(15)16-12(3,4)9(2)8-10(13)14/h8H,5-7H2,1-4H3,(H,13,14). The summed E-state index contributed by atoms with van der Waals surface area (Å²) in [6, 6.07) is 0. The third kappa shape index (κ3) is 5.53. The van der Waals surface area contributed by atoms with Crippen LogP contribution in [-0.4, -0.2) is 22.6 Å². The summed E-state index contributed by atoms with van der Waals surface area (Å²) in [5.41, 5.74) is -0.340. The van der Waals surface area contributed by atoms with E-state index in [0.29, 0.717) is 12.0 Å². The van der Waals surface area contributed by atoms with E-state index < -0.39 is 11.6 Å². The molecule has 0 unspecified atom stereocenters. The first-order valence-electron chi connectivity index (χ1n) is 5.43. The van der Waals surface area contributed by atoms with Crippen LogP contribution >= 0.6 is 0 Å². The van der Waals surface area contributed by atoms with E-state index in [9.17, 15) is 9.59 Å². The number of carbonyl (C=O) groups is 2. The quantitative estimate of drug-likeness (QED) is 0.560. The predicted octanol–water partition coefficient (Wildman–Crippen LogP) is 2.53. The third-order valence-electron chi connectivity index (χ3n) is 2.39. The maximum Gasteiger partial charge on any atom is 0.328 e. The third-order valence-corrected chi connectivity index (χ3v) is 2.39. The molecule has 0 radical (unpaired) electrons. The zero-order chi connectivity index (χ0) is 12.8. The Labute approximate surface area is 96.3 Å². The van der Waals surface area contributed by atoms with E-state index in [0.717, 1.165) is 18.9 Å². The van der Waals surface area contributed by atoms with Gasteiger partial charge in [-0.15, -0.1) is 0 Å². The summed E-state index contributed by atoms with van der Waals surface area (Å²) in [4.78, 5) is 21.9. The van der Waals surface area contributed by atoms with E-state index in [1.165, 1.54) is 0 Å². The van der Waals surface area contributed by atoms with Crippen molar-refractivity contribution in [3.8, 4) is 0 Å². The molecule has 16 heavy (non-hydrogen) atoms. The number of hydrogen-bond donors (Lipinski definition) is 1. The van der Waals surface area contributed by atoms with Gasteiger partial charge in [-0.2, -0.15) is 0 Å². The Morgan fingerprint density at radius 3 is 2.38 bits per heavy atom. The Hall–Kier alpha value is -1.32. The average molecular weight is 228 g/mol. The molecule has 0 aliphatic rings. The molecule has 0 bridgehead atoms. The molecule has 0 aromatic rings. The van der Waals surface area contributed by atoms with Gasteiger partial charge in [-0.1, -0.05) is 13.3 Å². The fourth-order valence-corrected chi connectivity index (χ4v) is 1.10. The molecule has 0 heterocycles. The van der Waals surface area contributed by atoms with Crippen molar-refractivity contribution in [2.24, 2.45) is 0 Å². The second kappa shape index (κ2) is 6.30. The lowest BCUT2D eigenvalue weighted by atomic mass is 9.99. The Balaban J connectivity index is 4.44. The summed E-state index contributed by atoms with van der Waals surface area (Å²) in [7, 11) is 0. The second-order valence-electron chi connectivity index (χ2n) is 4.25. The number of aliphatic carboxylic acids is 1. The van der Waals surface area contributed by atoms with Gasteiger partial charge in [0.25, 0.3) is 0 Å². The van der Waals surface area contributed by atoms with Gasteiger partial charge in [-0.25, -0.2) is 4.79 Å². The van der Waals surface area contributed by atoms with E-state index in [1.54, 1.807) is 20.8 Å². The molecule has 0 rings (SSSR count). The van der Waals surface area contributed by atoms with Crippen LogP contribution in [0.5, 0.6) is 0 Å². The number of carboxylic acid groups (broad SMARTS) is 1. The van der Waals surface area contributed by atoms with Crippen molar-refractivity contribution in [2.75, 3.05) is 0 Å². The smallest absolute Gasteiger partial charge is 0.328 e. The van der Waals surface area contributed by atoms with Crippen LogP contribution in [0.4, 0.5) is 0 Å². The first-order valence-corrected chi connectivity index (χ1v) is 5.43. The van der Waals surface area contributed by atoms with Gasteiger partial charge in [0.1, 0.15) is 5.60 Å². The summed E-state index contributed by atoms with van der Waals surface area (Å²) >= 11 is 0. The Morgan fingerprint density at radius 1 is 1.38 bits per heavy atom. The van der Waals surface area contributed by atoms with Crippen molar-refractivity contribution < 1.29 is 19.4 Å². The number of esters is 1. The van der Waals surface area contributed by atoms with Crippen molar-refractivity contribution in [2.45, 2.75) is 52.6 Å². The molecule has 0 aliphatic heterocycles. The Bertz CT molecular complexity index is 289. The van der Waals surface area contributed by atoms with E-state index in [2.05, 4.69) is 0 Å². The maximum atomic E-state index is 11.4. The van der Waals surface area contributed by atoms with Gasteiger partial charge in [0.05, 0.1) is 0 Å². The van der Waals surface area contributed by atoms with Gasteiger partial charge in [0, 0.05) is 12.5 Å². The highest BCUT2D eigenvalue weighted by molar-refractivity contribution is 5.81. The monoisotopic (exact) mass is 228 g/mol. The lowest BCUT2D eigenvalue weighted by molar-refractivity contribution is -0.153. The first-order chi connectivity index (χ1) is 7.29. The lowest BCUT2D eigenvalue weighted by Crippen LogP contribution is -2.29. The van der Waals surface area contributed by atoms with Crippen LogP contribution in [0.15, 0.2) is 11.6 Å². The molecule has 1 N–H and O–H groups in total. The first kappa shape index (κ1) is 14.7. The van der Waals surface area contributed by atoms with Gasteiger partial charge in [-0.05, 0) is 32.8 Å². The molecule has 0 aliphatic carbocycles. The zero-order valence-electron chi connectivity index (χ0n) is 10.4. The van der Waals surface area contributed by atoms with Crippen molar-refractivity contribution in [3.05, 3.63) is 11.6 Å². The van der Waals surface area contributed by atoms with Crippen molar-refractivity contribution in [1.82, 2.24) is 0 Å². The van der Waals surface area contributed by atoms with E-state index in [-0.39, 0.29) is 5.97 Å². The summed E-state index contributed by atoms with van der Waals surface area (Å²) in [6.45, 7) is 7.01. The number of hydrogen-bond acceptors (Lipinski definition) is 3. The molecule has 4 nitrogen and oxygen atoms in total. The fraction of sp³-hybridized carbons (Fsp3) is 0.667. The Morgan fingerprint density at radius 2 is 1.94 bits per heavy atom. The van der Waals surface area contributed by atoms with Crippen molar-refractivity contribution in [3.63, 3.8) is 0 Å². The molecule has 0 aromatic carbocycles. The van der Waals surface area contributed by atoms with Gasteiger partial charge in [0.15, 0.2) is 0 Å². The molecule has 0 spiro atoms. The number of unbranched alkanes of at least 4 members (excludes halogenated alkanes) is 1. The number of carboxylic acids is 1.